The number of anilines is 3. The molecule has 2 heteroatoms. The average Bonchev–Trinajstić information content (AvgIpc) is 3.90. The number of fused-ring (bicyclic) bond motifs is 12. The Labute approximate surface area is 456 Å². The van der Waals surface area contributed by atoms with Crippen LogP contribution in [0.4, 0.5) is 17.1 Å². The van der Waals surface area contributed by atoms with Crippen LogP contribution in [0.2, 0.25) is 0 Å². The van der Waals surface area contributed by atoms with E-state index in [1.807, 2.05) is 0 Å². The van der Waals surface area contributed by atoms with Gasteiger partial charge in [0.2, 0.25) is 0 Å². The minimum Gasteiger partial charge on any atom is -0.310 e. The van der Waals surface area contributed by atoms with Crippen LogP contribution < -0.4 is 4.90 Å². The predicted molar refractivity (Wildman–Crippen MR) is 327 cm³/mol. The molecule has 0 N–H and O–H groups in total. The fourth-order valence-electron chi connectivity index (χ4n) is 13.8. The maximum Gasteiger partial charge on any atom is 0.0719 e. The van der Waals surface area contributed by atoms with Gasteiger partial charge in [0, 0.05) is 38.8 Å². The molecule has 0 bridgehead atoms. The van der Waals surface area contributed by atoms with E-state index in [9.17, 15) is 0 Å². The van der Waals surface area contributed by atoms with Crippen molar-refractivity contribution < 1.29 is 0 Å². The van der Waals surface area contributed by atoms with Gasteiger partial charge in [-0.05, 0) is 138 Å². The van der Waals surface area contributed by atoms with E-state index in [1.54, 1.807) is 0 Å². The summed E-state index contributed by atoms with van der Waals surface area (Å²) in [5.41, 5.74) is 26.1. The summed E-state index contributed by atoms with van der Waals surface area (Å²) >= 11 is 0. The third kappa shape index (κ3) is 6.76. The molecule has 0 amide bonds. The van der Waals surface area contributed by atoms with Crippen LogP contribution in [0.3, 0.4) is 0 Å². The highest BCUT2D eigenvalue weighted by Gasteiger charge is 2.53. The van der Waals surface area contributed by atoms with Gasteiger partial charge in [-0.2, -0.15) is 0 Å². The van der Waals surface area contributed by atoms with Gasteiger partial charge >= 0.3 is 0 Å². The average molecular weight is 995 g/mol. The molecular weight excluding hydrogens is 941 g/mol. The summed E-state index contributed by atoms with van der Waals surface area (Å²) < 4.78 is 2.41. The van der Waals surface area contributed by atoms with Crippen LogP contribution in [0.5, 0.6) is 0 Å². The first kappa shape index (κ1) is 45.6. The van der Waals surface area contributed by atoms with Gasteiger partial charge < -0.3 is 9.47 Å². The maximum atomic E-state index is 2.52. The highest BCUT2D eigenvalue weighted by molar-refractivity contribution is 6.16. The van der Waals surface area contributed by atoms with Crippen molar-refractivity contribution in [2.75, 3.05) is 4.90 Å². The lowest BCUT2D eigenvalue weighted by molar-refractivity contribution is 0.563. The molecule has 1 heterocycles. The minimum atomic E-state index is -0.501. The molecule has 2 aliphatic rings. The topological polar surface area (TPSA) is 8.17 Å². The van der Waals surface area contributed by atoms with Crippen LogP contribution in [0.1, 0.15) is 47.2 Å². The van der Waals surface area contributed by atoms with Gasteiger partial charge in [-0.15, -0.1) is 0 Å². The van der Waals surface area contributed by atoms with Gasteiger partial charge in [0.15, 0.2) is 0 Å². The zero-order valence-electron chi connectivity index (χ0n) is 43.6. The molecule has 1 aromatic heterocycles. The fourth-order valence-corrected chi connectivity index (χ4v) is 13.8. The van der Waals surface area contributed by atoms with Crippen LogP contribution in [0.25, 0.3) is 83.1 Å². The number of hydrogen-bond acceptors (Lipinski definition) is 1. The van der Waals surface area contributed by atoms with Crippen molar-refractivity contribution in [3.05, 3.63) is 325 Å². The molecule has 368 valence electrons. The summed E-state index contributed by atoms with van der Waals surface area (Å²) in [6.07, 6.45) is 0. The zero-order chi connectivity index (χ0) is 52.0. The van der Waals surface area contributed by atoms with Gasteiger partial charge in [0.05, 0.1) is 22.1 Å². The highest BCUT2D eigenvalue weighted by Crippen LogP contribution is 2.63. The number of rotatable bonds is 8. The standard InChI is InChI=1S/C76H54N2/c1-75(2)67-40-17-19-42-69(67)76(70-43-20-18-41-68(70)75)65-39-16-13-35-61(65)64-50-55(47-48-66(64)76)77(71-44-21-14-36-62(71)60-34-12-11-33-59(60)58-32-10-9-31-56(58)51-25-5-3-6-26-51)54-30-23-27-52(49-54)57-38-24-46-73-74(57)63-37-15-22-45-72(63)78(73)53-28-7-4-8-29-53/h3-50H,1-2H3. The second-order valence-electron chi connectivity index (χ2n) is 21.5. The Morgan fingerprint density at radius 1 is 0.295 bits per heavy atom. The molecule has 2 nitrogen and oxygen atoms in total. The van der Waals surface area contributed by atoms with E-state index in [4.69, 9.17) is 0 Å². The number of hydrogen-bond donors (Lipinski definition) is 0. The molecule has 12 aromatic carbocycles. The Morgan fingerprint density at radius 2 is 0.769 bits per heavy atom. The fraction of sp³-hybridized carbons (Fsp3) is 0.0526. The first-order chi connectivity index (χ1) is 38.5. The molecule has 0 radical (unpaired) electrons. The summed E-state index contributed by atoms with van der Waals surface area (Å²) in [6.45, 7) is 4.79. The Morgan fingerprint density at radius 3 is 1.49 bits per heavy atom. The van der Waals surface area contributed by atoms with E-state index in [0.717, 1.165) is 33.9 Å². The van der Waals surface area contributed by atoms with Crippen LogP contribution in [-0.2, 0) is 10.8 Å². The summed E-state index contributed by atoms with van der Waals surface area (Å²) in [5.74, 6) is 0. The SMILES string of the molecule is CC1(C)c2ccccc2C2(c3ccccc3-c3cc(N(c4cccc(-c5cccc6c5c5ccccc5n6-c5ccccc5)c4)c4ccccc4-c4ccccc4-c4ccccc4-c4ccccc4)ccc32)c2ccccc21. The molecule has 2 aliphatic carbocycles. The first-order valence-corrected chi connectivity index (χ1v) is 27.3. The quantitative estimate of drug-likeness (QED) is 0.147. The van der Waals surface area contributed by atoms with Crippen molar-refractivity contribution in [3.63, 3.8) is 0 Å². The summed E-state index contributed by atoms with van der Waals surface area (Å²) in [4.78, 5) is 2.52. The van der Waals surface area contributed by atoms with Crippen molar-refractivity contribution in [1.82, 2.24) is 4.57 Å². The molecule has 13 aromatic rings. The second kappa shape index (κ2) is 17.9. The molecular formula is C76H54N2. The van der Waals surface area contributed by atoms with E-state index >= 15 is 0 Å². The molecule has 0 aliphatic heterocycles. The van der Waals surface area contributed by atoms with E-state index in [1.165, 1.54) is 99.7 Å². The van der Waals surface area contributed by atoms with Gasteiger partial charge in [-0.25, -0.2) is 0 Å². The maximum absolute atomic E-state index is 2.52. The van der Waals surface area contributed by atoms with Crippen molar-refractivity contribution in [2.45, 2.75) is 24.7 Å². The van der Waals surface area contributed by atoms with Gasteiger partial charge in [0.1, 0.15) is 0 Å². The van der Waals surface area contributed by atoms with Crippen LogP contribution in [-0.4, -0.2) is 4.57 Å². The number of aromatic nitrogens is 1. The Bertz CT molecular complexity index is 4430. The van der Waals surface area contributed by atoms with Gasteiger partial charge in [-0.3, -0.25) is 0 Å². The molecule has 0 atom stereocenters. The largest absolute Gasteiger partial charge is 0.310 e. The molecule has 0 saturated carbocycles. The highest BCUT2D eigenvalue weighted by atomic mass is 15.1. The minimum absolute atomic E-state index is 0.180. The molecule has 0 fully saturated rings. The van der Waals surface area contributed by atoms with Crippen molar-refractivity contribution in [1.29, 1.82) is 0 Å². The second-order valence-corrected chi connectivity index (χ2v) is 21.5. The zero-order valence-corrected chi connectivity index (χ0v) is 43.6. The first-order valence-electron chi connectivity index (χ1n) is 27.3. The Hall–Kier alpha value is -9.76. The van der Waals surface area contributed by atoms with E-state index in [-0.39, 0.29) is 5.41 Å². The third-order valence-corrected chi connectivity index (χ3v) is 17.1. The van der Waals surface area contributed by atoms with Crippen molar-refractivity contribution >= 4 is 38.9 Å². The number of para-hydroxylation sites is 3. The van der Waals surface area contributed by atoms with Crippen LogP contribution in [0, 0.1) is 0 Å². The summed E-state index contributed by atoms with van der Waals surface area (Å²) in [7, 11) is 0. The lowest BCUT2D eigenvalue weighted by Crippen LogP contribution is -2.40. The van der Waals surface area contributed by atoms with E-state index in [0.29, 0.717) is 0 Å². The molecule has 0 saturated heterocycles. The Kier molecular flexibility index (Phi) is 10.5. The monoisotopic (exact) mass is 994 g/mol. The lowest BCUT2D eigenvalue weighted by Gasteiger charge is -2.46. The smallest absolute Gasteiger partial charge is 0.0719 e. The molecule has 0 unspecified atom stereocenters. The van der Waals surface area contributed by atoms with E-state index in [2.05, 4.69) is 315 Å². The van der Waals surface area contributed by atoms with Crippen molar-refractivity contribution in [2.24, 2.45) is 0 Å². The molecule has 15 rings (SSSR count). The van der Waals surface area contributed by atoms with Crippen LogP contribution in [0.15, 0.2) is 291 Å². The van der Waals surface area contributed by atoms with E-state index < -0.39 is 5.41 Å². The van der Waals surface area contributed by atoms with Gasteiger partial charge in [-0.1, -0.05) is 250 Å². The molecule has 1 spiro atoms. The van der Waals surface area contributed by atoms with Crippen LogP contribution >= 0.6 is 0 Å². The van der Waals surface area contributed by atoms with Gasteiger partial charge in [0.25, 0.3) is 0 Å². The normalized spacial score (nSPS) is 13.5. The number of nitrogens with zero attached hydrogens (tertiary/aromatic N) is 2. The molecule has 78 heavy (non-hydrogen) atoms. The third-order valence-electron chi connectivity index (χ3n) is 17.1. The number of benzene rings is 12. The van der Waals surface area contributed by atoms with Crippen molar-refractivity contribution in [3.8, 4) is 61.3 Å². The predicted octanol–water partition coefficient (Wildman–Crippen LogP) is 19.9. The summed E-state index contributed by atoms with van der Waals surface area (Å²) in [6, 6.07) is 108. The summed E-state index contributed by atoms with van der Waals surface area (Å²) in [5, 5.41) is 2.47. The Balaban J connectivity index is 0.980. The lowest BCUT2D eigenvalue weighted by atomic mass is 9.55.